The van der Waals surface area contributed by atoms with Gasteiger partial charge in [0, 0.05) is 9.75 Å². The maximum absolute atomic E-state index is 4.79. The van der Waals surface area contributed by atoms with Gasteiger partial charge in [0.05, 0.1) is 22.8 Å². The summed E-state index contributed by atoms with van der Waals surface area (Å²) in [6.07, 6.45) is 0. The Kier molecular flexibility index (Phi) is 10.4. The number of hydrogen-bond acceptors (Lipinski definition) is 3. The fourth-order valence-corrected chi connectivity index (χ4v) is 3.47. The normalized spacial score (nSPS) is 11.9. The van der Waals surface area contributed by atoms with Crippen LogP contribution in [0.1, 0.15) is 34.7 Å². The summed E-state index contributed by atoms with van der Waals surface area (Å²) >= 11 is 6.29. The summed E-state index contributed by atoms with van der Waals surface area (Å²) in [5.74, 6) is 0. The number of benzene rings is 2. The number of thiophene rings is 1. The summed E-state index contributed by atoms with van der Waals surface area (Å²) in [5.41, 5.74) is 6.51. The number of rotatable bonds is 4. The van der Waals surface area contributed by atoms with Crippen LogP contribution in [0.5, 0.6) is 0 Å². The second kappa shape index (κ2) is 12.2. The van der Waals surface area contributed by atoms with E-state index in [1.54, 1.807) is 11.3 Å². The van der Waals surface area contributed by atoms with Crippen LogP contribution in [0.15, 0.2) is 70.6 Å². The van der Waals surface area contributed by atoms with Gasteiger partial charge in [-0.2, -0.15) is 0 Å². The summed E-state index contributed by atoms with van der Waals surface area (Å²) in [6.45, 7) is 8.31. The van der Waals surface area contributed by atoms with Gasteiger partial charge in [-0.05, 0) is 63.1 Å². The van der Waals surface area contributed by atoms with Gasteiger partial charge in [0.1, 0.15) is 0 Å². The number of aryl methyl sites for hydroxylation is 2. The predicted molar refractivity (Wildman–Crippen MR) is 138 cm³/mol. The molecule has 0 spiro atoms. The zero-order chi connectivity index (χ0) is 20.5. The Morgan fingerprint density at radius 2 is 1.07 bits per heavy atom. The van der Waals surface area contributed by atoms with Crippen LogP contribution in [0.2, 0.25) is 0 Å². The van der Waals surface area contributed by atoms with Gasteiger partial charge in [-0.25, -0.2) is 0 Å². The summed E-state index contributed by atoms with van der Waals surface area (Å²) in [6, 6.07) is 20.7. The molecule has 1 heterocycles. The summed E-state index contributed by atoms with van der Waals surface area (Å²) in [5, 5.41) is 0. The first-order valence-electron chi connectivity index (χ1n) is 8.64. The van der Waals surface area contributed by atoms with Crippen molar-refractivity contribution in [3.8, 4) is 0 Å². The molecule has 0 saturated carbocycles. The van der Waals surface area contributed by atoms with Crippen molar-refractivity contribution >= 4 is 74.8 Å². The first kappa shape index (κ1) is 23.7. The van der Waals surface area contributed by atoms with E-state index >= 15 is 0 Å². The number of hydrogen-bond donors (Lipinski definition) is 0. The molecule has 2 nitrogen and oxygen atoms in total. The van der Waals surface area contributed by atoms with E-state index in [1.807, 2.05) is 24.3 Å². The molecule has 0 amide bonds. The van der Waals surface area contributed by atoms with Crippen LogP contribution in [0, 0.1) is 13.8 Å². The fourth-order valence-electron chi connectivity index (χ4n) is 2.58. The molecule has 0 unspecified atom stereocenters. The van der Waals surface area contributed by atoms with Crippen molar-refractivity contribution in [2.24, 2.45) is 9.98 Å². The summed E-state index contributed by atoms with van der Waals surface area (Å²) in [7, 11) is 1.19. The standard InChI is InChI=1S/C22H22N2S.Fe.2HI/c1-15-9-5-7-11-19(15)23-17(3)21-13-14-22(25-21)18(4)24-20-12-8-6-10-16(20)2;;;/h5-14H,1-4H3;;2*1H/q;+2;;/p-2. The topological polar surface area (TPSA) is 24.7 Å². The van der Waals surface area contributed by atoms with Crippen LogP contribution < -0.4 is 0 Å². The number of halogens is 2. The molecule has 0 radical (unpaired) electrons. The molecule has 0 saturated heterocycles. The van der Waals surface area contributed by atoms with Crippen molar-refractivity contribution in [3.63, 3.8) is 0 Å². The first-order chi connectivity index (χ1) is 13.5. The monoisotopic (exact) mass is 656 g/mol. The molecule has 28 heavy (non-hydrogen) atoms. The van der Waals surface area contributed by atoms with Crippen molar-refractivity contribution in [1.29, 1.82) is 0 Å². The van der Waals surface area contributed by atoms with Crippen molar-refractivity contribution in [2.75, 3.05) is 0 Å². The van der Waals surface area contributed by atoms with Gasteiger partial charge in [0.2, 0.25) is 0 Å². The van der Waals surface area contributed by atoms with Crippen LogP contribution in [0.4, 0.5) is 11.4 Å². The number of nitrogens with zero attached hydrogens (tertiary/aromatic N) is 2. The van der Waals surface area contributed by atoms with Crippen LogP contribution in [0.3, 0.4) is 0 Å². The molecule has 0 N–H and O–H groups in total. The molecule has 0 bridgehead atoms. The Labute approximate surface area is 200 Å². The van der Waals surface area contributed by atoms with E-state index < -0.39 is 0 Å². The van der Waals surface area contributed by atoms with E-state index in [0.29, 0.717) is 0 Å². The zero-order valence-electron chi connectivity index (χ0n) is 16.2. The van der Waals surface area contributed by atoms with Crippen molar-refractivity contribution < 1.29 is 8.46 Å². The third kappa shape index (κ3) is 7.06. The third-order valence-electron chi connectivity index (χ3n) is 4.13. The average molecular weight is 656 g/mol. The van der Waals surface area contributed by atoms with E-state index in [1.165, 1.54) is 29.3 Å². The van der Waals surface area contributed by atoms with E-state index in [2.05, 4.69) is 105 Å². The zero-order valence-corrected chi connectivity index (χ0v) is 22.4. The van der Waals surface area contributed by atoms with Crippen molar-refractivity contribution in [2.45, 2.75) is 27.7 Å². The van der Waals surface area contributed by atoms with E-state index in [9.17, 15) is 0 Å². The SMILES string of the molecule is CC(=Nc1ccccc1C)c1ccc(C(C)=Nc2ccccc2C)s1.[I][Fe][I]. The summed E-state index contributed by atoms with van der Waals surface area (Å²) < 4.78 is 0. The minimum absolute atomic E-state index is 1.03. The molecule has 0 aliphatic rings. The second-order valence-electron chi connectivity index (χ2n) is 6.18. The molecule has 3 rings (SSSR count). The molecule has 148 valence electrons. The Hall–Kier alpha value is -0.541. The van der Waals surface area contributed by atoms with E-state index in [4.69, 9.17) is 9.98 Å². The van der Waals surface area contributed by atoms with Crippen LogP contribution >= 0.6 is 52.0 Å². The first-order valence-corrected chi connectivity index (χ1v) is 16.6. The van der Waals surface area contributed by atoms with Crippen LogP contribution in [-0.2, 0) is 8.46 Å². The summed E-state index contributed by atoms with van der Waals surface area (Å²) in [4.78, 5) is 11.9. The van der Waals surface area contributed by atoms with Crippen LogP contribution in [0.25, 0.3) is 0 Å². The molecule has 0 atom stereocenters. The van der Waals surface area contributed by atoms with Gasteiger partial charge in [-0.3, -0.25) is 9.98 Å². The van der Waals surface area contributed by atoms with Gasteiger partial charge in [-0.15, -0.1) is 11.3 Å². The molecule has 0 aliphatic heterocycles. The van der Waals surface area contributed by atoms with Gasteiger partial charge < -0.3 is 0 Å². The molecule has 6 heteroatoms. The second-order valence-corrected chi connectivity index (χ2v) is 16.6. The Bertz CT molecular complexity index is 904. The molecule has 0 aliphatic carbocycles. The molecule has 0 fully saturated rings. The van der Waals surface area contributed by atoms with E-state index in [0.717, 1.165) is 22.8 Å². The average Bonchev–Trinajstić information content (AvgIpc) is 3.17. The predicted octanol–water partition coefficient (Wildman–Crippen LogP) is 8.42. The van der Waals surface area contributed by atoms with Gasteiger partial charge >= 0.3 is 49.1 Å². The molecule has 2 aromatic carbocycles. The number of para-hydroxylation sites is 2. The molecule has 3 aromatic rings. The van der Waals surface area contributed by atoms with E-state index in [-0.39, 0.29) is 0 Å². The Morgan fingerprint density at radius 3 is 1.43 bits per heavy atom. The van der Waals surface area contributed by atoms with Gasteiger partial charge in [0.15, 0.2) is 0 Å². The van der Waals surface area contributed by atoms with Crippen molar-refractivity contribution in [3.05, 3.63) is 81.5 Å². The maximum atomic E-state index is 4.79. The quantitative estimate of drug-likeness (QED) is 0.153. The molecular formula is C22H22FeI2N2S. The van der Waals surface area contributed by atoms with Crippen LogP contribution in [-0.4, -0.2) is 11.4 Å². The Balaban J connectivity index is 0.000000878. The van der Waals surface area contributed by atoms with Crippen molar-refractivity contribution in [1.82, 2.24) is 0 Å². The number of aliphatic imine (C=N–C) groups is 2. The third-order valence-corrected chi connectivity index (χ3v) is 5.43. The Morgan fingerprint density at radius 1 is 0.714 bits per heavy atom. The van der Waals surface area contributed by atoms with Gasteiger partial charge in [-0.1, -0.05) is 36.4 Å². The fraction of sp³-hybridized carbons (Fsp3) is 0.182. The molecular weight excluding hydrogens is 634 g/mol. The molecule has 1 aromatic heterocycles. The minimum atomic E-state index is 1.03. The van der Waals surface area contributed by atoms with Gasteiger partial charge in [0.25, 0.3) is 0 Å².